The van der Waals surface area contributed by atoms with E-state index in [-0.39, 0.29) is 29.2 Å². The molecule has 0 saturated carbocycles. The first-order valence-electron chi connectivity index (χ1n) is 19.5. The molecule has 3 aromatic heterocycles. The van der Waals surface area contributed by atoms with Gasteiger partial charge in [-0.25, -0.2) is 9.78 Å². The van der Waals surface area contributed by atoms with E-state index in [1.807, 2.05) is 91.2 Å². The molecule has 0 spiro atoms. The van der Waals surface area contributed by atoms with Crippen molar-refractivity contribution in [3.05, 3.63) is 132 Å². The summed E-state index contributed by atoms with van der Waals surface area (Å²) in [7, 11) is 1.66. The standard InChI is InChI=1S/C44H43N5O5S3/c1-4-54-38-20-32-33(21-37(38)53-3)40(46-35-16-19-55-25-34(32)35)28-10-12-29(13-11-28)42(50)47-17-14-30(15-18-47)49-43(51)41-36(22-39(57-41)27-8-6-5-7-9-27)48(44(49)52)24-31-23-45-26(2)56-31/h5-13,20-23,30,34-35H,4,14-19,24-25H2,1-3H3/t34-,35-/m1/s1. The van der Waals surface area contributed by atoms with Crippen LogP contribution in [0.2, 0.25) is 0 Å². The van der Waals surface area contributed by atoms with Gasteiger partial charge in [0.05, 0.1) is 42.5 Å². The molecular formula is C44H43N5O5S3. The second-order valence-corrected chi connectivity index (χ2v) is 18.2. The van der Waals surface area contributed by atoms with E-state index in [9.17, 15) is 14.4 Å². The zero-order valence-electron chi connectivity index (χ0n) is 32.1. The van der Waals surface area contributed by atoms with Crippen LogP contribution in [0.15, 0.2) is 93.6 Å². The number of carbonyl (C=O) groups excluding carboxylic acids is 1. The van der Waals surface area contributed by atoms with Crippen molar-refractivity contribution in [3.63, 3.8) is 0 Å². The highest BCUT2D eigenvalue weighted by atomic mass is 32.2. The Kier molecular flexibility index (Phi) is 10.4. The van der Waals surface area contributed by atoms with Gasteiger partial charge in [0, 0.05) is 63.4 Å². The molecule has 2 atom stereocenters. The number of aromatic nitrogens is 3. The number of fused-ring (bicyclic) bond motifs is 4. The third-order valence-electron chi connectivity index (χ3n) is 11.3. The summed E-state index contributed by atoms with van der Waals surface area (Å²) in [5, 5.41) is 0.923. The zero-order valence-corrected chi connectivity index (χ0v) is 34.6. The number of likely N-dealkylation sites (tertiary alicyclic amines) is 1. The molecule has 2 saturated heterocycles. The SMILES string of the molecule is CCOc1cc2c(cc1OC)C(c1ccc(C(=O)N3CCC(n4c(=O)c5sc(-c6ccccc6)cc5n(Cc5cnc(C)s5)c4=O)CC3)cc1)=N[C@@H]1CCSC[C@H]21. The first-order valence-corrected chi connectivity index (χ1v) is 22.3. The molecule has 6 heterocycles. The number of aliphatic imine (C=N–C) groups is 1. The second kappa shape index (κ2) is 15.8. The van der Waals surface area contributed by atoms with Crippen LogP contribution in [-0.4, -0.2) is 75.0 Å². The van der Waals surface area contributed by atoms with Gasteiger partial charge in [0.25, 0.3) is 11.5 Å². The van der Waals surface area contributed by atoms with Gasteiger partial charge in [-0.1, -0.05) is 42.5 Å². The summed E-state index contributed by atoms with van der Waals surface area (Å²) in [5.74, 6) is 3.79. The van der Waals surface area contributed by atoms with E-state index in [0.29, 0.717) is 66.5 Å². The number of thiophene rings is 1. The number of amides is 1. The number of hydrogen-bond donors (Lipinski definition) is 0. The summed E-state index contributed by atoms with van der Waals surface area (Å²) in [5.41, 5.74) is 5.81. The molecule has 0 radical (unpaired) electrons. The van der Waals surface area contributed by atoms with E-state index in [4.69, 9.17) is 14.5 Å². The number of rotatable bonds is 9. The van der Waals surface area contributed by atoms with Crippen LogP contribution in [0.25, 0.3) is 20.7 Å². The van der Waals surface area contributed by atoms with Crippen molar-refractivity contribution in [1.82, 2.24) is 19.0 Å². The average molecular weight is 818 g/mol. The predicted octanol–water partition coefficient (Wildman–Crippen LogP) is 8.03. The smallest absolute Gasteiger partial charge is 0.332 e. The monoisotopic (exact) mass is 817 g/mol. The van der Waals surface area contributed by atoms with E-state index in [1.54, 1.807) is 29.2 Å². The molecule has 9 rings (SSSR count). The van der Waals surface area contributed by atoms with Gasteiger partial charge in [0.2, 0.25) is 0 Å². The van der Waals surface area contributed by atoms with Gasteiger partial charge in [0.1, 0.15) is 4.70 Å². The van der Waals surface area contributed by atoms with Gasteiger partial charge in [-0.05, 0) is 80.3 Å². The fourth-order valence-electron chi connectivity index (χ4n) is 8.46. The summed E-state index contributed by atoms with van der Waals surface area (Å²) in [6, 6.07) is 23.7. The van der Waals surface area contributed by atoms with Crippen molar-refractivity contribution >= 4 is 56.3 Å². The summed E-state index contributed by atoms with van der Waals surface area (Å²) in [6.07, 6.45) is 3.82. The summed E-state index contributed by atoms with van der Waals surface area (Å²) in [6.45, 7) is 5.68. The Morgan fingerprint density at radius 3 is 2.44 bits per heavy atom. The van der Waals surface area contributed by atoms with Gasteiger partial charge in [-0.3, -0.25) is 23.7 Å². The first-order chi connectivity index (χ1) is 27.8. The van der Waals surface area contributed by atoms with Crippen LogP contribution >= 0.6 is 34.4 Å². The number of thiazole rings is 1. The van der Waals surface area contributed by atoms with Crippen LogP contribution in [0.1, 0.15) is 75.1 Å². The molecule has 0 bridgehead atoms. The van der Waals surface area contributed by atoms with Crippen LogP contribution in [0.3, 0.4) is 0 Å². The van der Waals surface area contributed by atoms with Gasteiger partial charge in [0.15, 0.2) is 11.5 Å². The number of hydrogen-bond acceptors (Lipinski definition) is 10. The molecule has 0 N–H and O–H groups in total. The van der Waals surface area contributed by atoms with Gasteiger partial charge < -0.3 is 14.4 Å². The maximum Gasteiger partial charge on any atom is 0.332 e. The van der Waals surface area contributed by atoms with Crippen molar-refractivity contribution < 1.29 is 14.3 Å². The Morgan fingerprint density at radius 2 is 1.72 bits per heavy atom. The van der Waals surface area contributed by atoms with Crippen molar-refractivity contribution in [3.8, 4) is 21.9 Å². The Labute approximate surface area is 342 Å². The van der Waals surface area contributed by atoms with Gasteiger partial charge in [-0.15, -0.1) is 22.7 Å². The largest absolute Gasteiger partial charge is 0.493 e. The molecule has 0 aliphatic carbocycles. The highest BCUT2D eigenvalue weighted by Gasteiger charge is 2.35. The lowest BCUT2D eigenvalue weighted by Gasteiger charge is -2.35. The van der Waals surface area contributed by atoms with Crippen LogP contribution in [0.4, 0.5) is 0 Å². The maximum atomic E-state index is 14.3. The molecule has 0 unspecified atom stereocenters. The Morgan fingerprint density at radius 1 is 0.930 bits per heavy atom. The molecule has 292 valence electrons. The zero-order chi connectivity index (χ0) is 39.2. The quantitative estimate of drug-likeness (QED) is 0.146. The van der Waals surface area contributed by atoms with Gasteiger partial charge in [-0.2, -0.15) is 11.8 Å². The molecule has 3 aliphatic heterocycles. The van der Waals surface area contributed by atoms with Crippen molar-refractivity contribution in [1.29, 1.82) is 0 Å². The lowest BCUT2D eigenvalue weighted by Crippen LogP contribution is -2.46. The van der Waals surface area contributed by atoms with Crippen molar-refractivity contribution in [2.24, 2.45) is 4.99 Å². The number of nitrogens with zero attached hydrogens (tertiary/aromatic N) is 5. The predicted molar refractivity (Wildman–Crippen MR) is 231 cm³/mol. The molecule has 6 aromatic rings. The molecular weight excluding hydrogens is 775 g/mol. The minimum absolute atomic E-state index is 0.0649. The topological polar surface area (TPSA) is 108 Å². The molecule has 57 heavy (non-hydrogen) atoms. The number of carbonyl (C=O) groups is 1. The van der Waals surface area contributed by atoms with Crippen LogP contribution in [-0.2, 0) is 6.54 Å². The van der Waals surface area contributed by atoms with Crippen molar-refractivity contribution in [2.75, 3.05) is 38.3 Å². The Bertz CT molecular complexity index is 2620. The molecule has 3 aliphatic rings. The minimum Gasteiger partial charge on any atom is -0.493 e. The van der Waals surface area contributed by atoms with Gasteiger partial charge >= 0.3 is 5.69 Å². The second-order valence-electron chi connectivity index (χ2n) is 14.7. The molecule has 10 nitrogen and oxygen atoms in total. The number of ether oxygens (including phenoxy) is 2. The fourth-order valence-corrected chi connectivity index (χ4v) is 11.6. The van der Waals surface area contributed by atoms with Crippen LogP contribution in [0.5, 0.6) is 11.5 Å². The first kappa shape index (κ1) is 37.6. The van der Waals surface area contributed by atoms with Crippen LogP contribution < -0.4 is 20.7 Å². The molecule has 3 aromatic carbocycles. The minimum atomic E-state index is -0.329. The van der Waals surface area contributed by atoms with E-state index in [0.717, 1.165) is 60.8 Å². The highest BCUT2D eigenvalue weighted by molar-refractivity contribution is 7.99. The molecule has 2 fully saturated rings. The lowest BCUT2D eigenvalue weighted by molar-refractivity contribution is 0.0691. The third kappa shape index (κ3) is 7.03. The number of aryl methyl sites for hydroxylation is 1. The number of piperidine rings is 1. The Balaban J connectivity index is 0.966. The third-order valence-corrected chi connectivity index (χ3v) is 14.5. The molecule has 13 heteroatoms. The van der Waals surface area contributed by atoms with Crippen molar-refractivity contribution in [2.45, 2.75) is 57.7 Å². The molecule has 1 amide bonds. The summed E-state index contributed by atoms with van der Waals surface area (Å²) >= 11 is 4.94. The van der Waals surface area contributed by atoms with E-state index < -0.39 is 0 Å². The Hall–Kier alpha value is -4.98. The number of benzene rings is 3. The normalized spacial score (nSPS) is 18.2. The maximum absolute atomic E-state index is 14.3. The lowest BCUT2D eigenvalue weighted by atomic mass is 9.81. The number of methoxy groups -OCH3 is 1. The average Bonchev–Trinajstić information content (AvgIpc) is 3.89. The van der Waals surface area contributed by atoms with Crippen LogP contribution in [0, 0.1) is 6.92 Å². The number of thioether (sulfide) groups is 1. The van der Waals surface area contributed by atoms with E-state index in [1.165, 1.54) is 21.5 Å². The summed E-state index contributed by atoms with van der Waals surface area (Å²) < 4.78 is 15.4. The van der Waals surface area contributed by atoms with E-state index in [2.05, 4.69) is 17.1 Å². The fraction of sp³-hybridized carbons (Fsp3) is 0.341. The van der Waals surface area contributed by atoms with E-state index >= 15 is 0 Å². The highest BCUT2D eigenvalue weighted by Crippen LogP contribution is 2.44. The summed E-state index contributed by atoms with van der Waals surface area (Å²) in [4.78, 5) is 55.9.